The summed E-state index contributed by atoms with van der Waals surface area (Å²) in [6.07, 6.45) is 5.76. The molecule has 20 heavy (non-hydrogen) atoms. The molecule has 5 heteroatoms. The molecule has 1 aromatic heterocycles. The van der Waals surface area contributed by atoms with Gasteiger partial charge in [-0.15, -0.1) is 11.3 Å². The minimum Gasteiger partial charge on any atom is -0.370 e. The lowest BCUT2D eigenvalue weighted by Crippen LogP contribution is -2.42. The number of thiazole rings is 1. The highest BCUT2D eigenvalue weighted by atomic mass is 32.1. The zero-order valence-electron chi connectivity index (χ0n) is 12.6. The van der Waals surface area contributed by atoms with Crippen LogP contribution in [0.3, 0.4) is 0 Å². The number of unbranched alkanes of at least 4 members (excludes halogenated alkanes) is 1. The Bertz CT molecular complexity index is 433. The highest BCUT2D eigenvalue weighted by Gasteiger charge is 2.16. The van der Waals surface area contributed by atoms with Gasteiger partial charge in [-0.1, -0.05) is 6.92 Å². The molecule has 0 saturated carbocycles. The van der Waals surface area contributed by atoms with Crippen LogP contribution in [0, 0.1) is 12.8 Å². The zero-order valence-corrected chi connectivity index (χ0v) is 13.5. The predicted molar refractivity (Wildman–Crippen MR) is 86.2 cm³/mol. The van der Waals surface area contributed by atoms with Crippen LogP contribution in [0.1, 0.15) is 43.3 Å². The minimum absolute atomic E-state index is 0.738. The fraction of sp³-hybridized carbons (Fsp3) is 0.733. The summed E-state index contributed by atoms with van der Waals surface area (Å²) in [5.41, 5.74) is 7.19. The number of piperidine rings is 1. The summed E-state index contributed by atoms with van der Waals surface area (Å²) in [6, 6.07) is 0. The van der Waals surface area contributed by atoms with Crippen LogP contribution in [0.5, 0.6) is 0 Å². The average molecular weight is 294 g/mol. The molecule has 0 amide bonds. The summed E-state index contributed by atoms with van der Waals surface area (Å²) in [5, 5.41) is 3.35. The van der Waals surface area contributed by atoms with Crippen LogP contribution >= 0.6 is 11.3 Å². The van der Waals surface area contributed by atoms with E-state index in [1.54, 1.807) is 11.3 Å². The molecular weight excluding hydrogens is 268 g/mol. The van der Waals surface area contributed by atoms with Crippen molar-refractivity contribution in [2.75, 3.05) is 19.6 Å². The molecule has 2 N–H and O–H groups in total. The first-order chi connectivity index (χ1) is 9.65. The summed E-state index contributed by atoms with van der Waals surface area (Å²) in [5.74, 6) is 1.57. The maximum atomic E-state index is 6.06. The van der Waals surface area contributed by atoms with Crippen molar-refractivity contribution >= 4 is 17.3 Å². The monoisotopic (exact) mass is 294 g/mol. The second kappa shape index (κ2) is 7.62. The van der Waals surface area contributed by atoms with Crippen molar-refractivity contribution in [1.82, 2.24) is 9.88 Å². The van der Waals surface area contributed by atoms with Crippen LogP contribution in [-0.4, -0.2) is 35.5 Å². The molecule has 1 saturated heterocycles. The molecule has 0 spiro atoms. The van der Waals surface area contributed by atoms with Crippen molar-refractivity contribution in [3.8, 4) is 0 Å². The van der Waals surface area contributed by atoms with E-state index in [1.807, 2.05) is 6.92 Å². The Labute approximate surface area is 126 Å². The maximum Gasteiger partial charge on any atom is 0.191 e. The van der Waals surface area contributed by atoms with Gasteiger partial charge < -0.3 is 10.6 Å². The van der Waals surface area contributed by atoms with E-state index in [2.05, 4.69) is 27.2 Å². The summed E-state index contributed by atoms with van der Waals surface area (Å²) in [4.78, 5) is 11.2. The van der Waals surface area contributed by atoms with Gasteiger partial charge in [-0.2, -0.15) is 0 Å². The SMILES string of the molecule is Cc1csc(CCCCN=C(N)N2CCC(C)CC2)n1. The Morgan fingerprint density at radius 2 is 2.20 bits per heavy atom. The Balaban J connectivity index is 1.63. The van der Waals surface area contributed by atoms with Gasteiger partial charge in [0.25, 0.3) is 0 Å². The lowest BCUT2D eigenvalue weighted by atomic mass is 10.00. The largest absolute Gasteiger partial charge is 0.370 e. The fourth-order valence-electron chi connectivity index (χ4n) is 2.44. The number of likely N-dealkylation sites (tertiary alicyclic amines) is 1. The number of aryl methyl sites for hydroxylation is 2. The highest BCUT2D eigenvalue weighted by molar-refractivity contribution is 7.09. The highest BCUT2D eigenvalue weighted by Crippen LogP contribution is 2.15. The van der Waals surface area contributed by atoms with E-state index in [9.17, 15) is 0 Å². The zero-order chi connectivity index (χ0) is 14.4. The smallest absolute Gasteiger partial charge is 0.191 e. The molecule has 1 fully saturated rings. The van der Waals surface area contributed by atoms with Crippen LogP contribution in [-0.2, 0) is 6.42 Å². The molecule has 1 aliphatic rings. The van der Waals surface area contributed by atoms with E-state index in [0.717, 1.165) is 56.5 Å². The van der Waals surface area contributed by atoms with Crippen molar-refractivity contribution < 1.29 is 0 Å². The van der Waals surface area contributed by atoms with E-state index in [4.69, 9.17) is 5.73 Å². The predicted octanol–water partition coefficient (Wildman–Crippen LogP) is 2.82. The summed E-state index contributed by atoms with van der Waals surface area (Å²) in [7, 11) is 0. The van der Waals surface area contributed by atoms with Crippen molar-refractivity contribution in [1.29, 1.82) is 0 Å². The Morgan fingerprint density at radius 3 is 2.85 bits per heavy atom. The number of aliphatic imine (C=N–C) groups is 1. The van der Waals surface area contributed by atoms with Gasteiger partial charge in [-0.25, -0.2) is 4.98 Å². The molecule has 2 rings (SSSR count). The molecule has 0 unspecified atom stereocenters. The van der Waals surface area contributed by atoms with Gasteiger partial charge in [0.05, 0.1) is 5.01 Å². The maximum absolute atomic E-state index is 6.06. The summed E-state index contributed by atoms with van der Waals surface area (Å²) >= 11 is 1.76. The van der Waals surface area contributed by atoms with Crippen LogP contribution < -0.4 is 5.73 Å². The molecule has 2 heterocycles. The lowest BCUT2D eigenvalue weighted by Gasteiger charge is -2.31. The van der Waals surface area contributed by atoms with E-state index >= 15 is 0 Å². The number of hydrogen-bond donors (Lipinski definition) is 1. The first-order valence-corrected chi connectivity index (χ1v) is 8.49. The lowest BCUT2D eigenvalue weighted by molar-refractivity contribution is 0.277. The van der Waals surface area contributed by atoms with Gasteiger partial charge in [-0.3, -0.25) is 4.99 Å². The molecule has 112 valence electrons. The second-order valence-corrected chi connectivity index (χ2v) is 6.69. The minimum atomic E-state index is 0.738. The quantitative estimate of drug-likeness (QED) is 0.516. The Morgan fingerprint density at radius 1 is 1.45 bits per heavy atom. The number of nitrogens with zero attached hydrogens (tertiary/aromatic N) is 3. The third-order valence-electron chi connectivity index (χ3n) is 3.85. The number of hydrogen-bond acceptors (Lipinski definition) is 3. The second-order valence-electron chi connectivity index (χ2n) is 5.75. The van der Waals surface area contributed by atoms with Crippen molar-refractivity contribution in [3.05, 3.63) is 16.1 Å². The van der Waals surface area contributed by atoms with E-state index in [1.165, 1.54) is 17.8 Å². The Kier molecular flexibility index (Phi) is 5.83. The first-order valence-electron chi connectivity index (χ1n) is 7.61. The van der Waals surface area contributed by atoms with Crippen LogP contribution in [0.15, 0.2) is 10.4 Å². The molecule has 1 aromatic rings. The van der Waals surface area contributed by atoms with Crippen molar-refractivity contribution in [2.45, 2.75) is 46.0 Å². The molecule has 0 aliphatic carbocycles. The summed E-state index contributed by atoms with van der Waals surface area (Å²) < 4.78 is 0. The van der Waals surface area contributed by atoms with E-state index < -0.39 is 0 Å². The van der Waals surface area contributed by atoms with Crippen molar-refractivity contribution in [2.24, 2.45) is 16.6 Å². The van der Waals surface area contributed by atoms with E-state index in [-0.39, 0.29) is 0 Å². The molecule has 0 atom stereocenters. The standard InChI is InChI=1S/C15H26N4S/c1-12-6-9-19(10-7-12)15(16)17-8-4-3-5-14-18-13(2)11-20-14/h11-12H,3-10H2,1-2H3,(H2,16,17). The van der Waals surface area contributed by atoms with Gasteiger partial charge >= 0.3 is 0 Å². The molecule has 0 radical (unpaired) electrons. The molecule has 0 bridgehead atoms. The first kappa shape index (κ1) is 15.3. The molecule has 0 aromatic carbocycles. The van der Waals surface area contributed by atoms with Crippen LogP contribution in [0.4, 0.5) is 0 Å². The number of nitrogens with two attached hydrogens (primary N) is 1. The molecule has 1 aliphatic heterocycles. The normalized spacial score (nSPS) is 17.7. The van der Waals surface area contributed by atoms with E-state index in [0.29, 0.717) is 0 Å². The molecule has 4 nitrogen and oxygen atoms in total. The number of guanidine groups is 1. The average Bonchev–Trinajstić information content (AvgIpc) is 2.84. The van der Waals surface area contributed by atoms with Crippen LogP contribution in [0.2, 0.25) is 0 Å². The topological polar surface area (TPSA) is 54.5 Å². The van der Waals surface area contributed by atoms with Crippen molar-refractivity contribution in [3.63, 3.8) is 0 Å². The van der Waals surface area contributed by atoms with Gasteiger partial charge in [0, 0.05) is 30.7 Å². The fourth-order valence-corrected chi connectivity index (χ4v) is 3.26. The van der Waals surface area contributed by atoms with Crippen LogP contribution in [0.25, 0.3) is 0 Å². The summed E-state index contributed by atoms with van der Waals surface area (Å²) in [6.45, 7) is 7.32. The number of rotatable bonds is 5. The van der Waals surface area contributed by atoms with Gasteiger partial charge in [0.15, 0.2) is 5.96 Å². The van der Waals surface area contributed by atoms with Gasteiger partial charge in [0.2, 0.25) is 0 Å². The third kappa shape index (κ3) is 4.78. The van der Waals surface area contributed by atoms with Gasteiger partial charge in [-0.05, 0) is 44.9 Å². The third-order valence-corrected chi connectivity index (χ3v) is 4.87. The Hall–Kier alpha value is -1.10. The molecular formula is C15H26N4S. The number of aromatic nitrogens is 1. The van der Waals surface area contributed by atoms with Gasteiger partial charge in [0.1, 0.15) is 0 Å².